The van der Waals surface area contributed by atoms with Crippen molar-refractivity contribution in [2.45, 2.75) is 6.54 Å². The number of methoxy groups -OCH3 is 1. The van der Waals surface area contributed by atoms with Crippen LogP contribution in [0.15, 0.2) is 24.3 Å². The molecule has 88 valence electrons. The molecule has 1 aromatic rings. The number of rotatable bonds is 5. The third kappa shape index (κ3) is 4.18. The number of urea groups is 1. The number of aliphatic hydroxyl groups is 1. The van der Waals surface area contributed by atoms with Gasteiger partial charge in [0.05, 0.1) is 13.7 Å². The lowest BCUT2D eigenvalue weighted by Gasteiger charge is -2.07. The van der Waals surface area contributed by atoms with E-state index in [1.807, 2.05) is 24.3 Å². The zero-order chi connectivity index (χ0) is 11.8. The SMILES string of the molecule is COc1ccc(CNC(=O)NCCO)cc1. The maximum Gasteiger partial charge on any atom is 0.315 e. The smallest absolute Gasteiger partial charge is 0.315 e. The van der Waals surface area contributed by atoms with E-state index in [-0.39, 0.29) is 19.2 Å². The van der Waals surface area contributed by atoms with Crippen LogP contribution >= 0.6 is 0 Å². The fourth-order valence-electron chi connectivity index (χ4n) is 1.16. The molecule has 0 heterocycles. The molecule has 0 fully saturated rings. The van der Waals surface area contributed by atoms with Crippen molar-refractivity contribution in [2.24, 2.45) is 0 Å². The molecule has 2 amide bonds. The van der Waals surface area contributed by atoms with Crippen molar-refractivity contribution >= 4 is 6.03 Å². The van der Waals surface area contributed by atoms with Crippen LogP contribution in [-0.2, 0) is 6.54 Å². The van der Waals surface area contributed by atoms with E-state index in [0.717, 1.165) is 11.3 Å². The number of carbonyl (C=O) groups is 1. The van der Waals surface area contributed by atoms with Gasteiger partial charge in [-0.2, -0.15) is 0 Å². The largest absolute Gasteiger partial charge is 0.497 e. The Morgan fingerprint density at radius 2 is 2.00 bits per heavy atom. The highest BCUT2D eigenvalue weighted by atomic mass is 16.5. The molecule has 1 rings (SSSR count). The van der Waals surface area contributed by atoms with Crippen LogP contribution in [0.25, 0.3) is 0 Å². The highest BCUT2D eigenvalue weighted by molar-refractivity contribution is 5.73. The Balaban J connectivity index is 2.33. The number of carbonyl (C=O) groups excluding carboxylic acids is 1. The van der Waals surface area contributed by atoms with Crippen LogP contribution in [0.5, 0.6) is 5.75 Å². The molecule has 16 heavy (non-hydrogen) atoms. The summed E-state index contributed by atoms with van der Waals surface area (Å²) in [6.07, 6.45) is 0. The van der Waals surface area contributed by atoms with Gasteiger partial charge in [-0.3, -0.25) is 0 Å². The predicted octanol–water partition coefficient (Wildman–Crippen LogP) is 0.487. The second-order valence-electron chi connectivity index (χ2n) is 3.18. The number of nitrogens with one attached hydrogen (secondary N) is 2. The van der Waals surface area contributed by atoms with Crippen LogP contribution in [0.3, 0.4) is 0 Å². The third-order valence-electron chi connectivity index (χ3n) is 2.01. The lowest BCUT2D eigenvalue weighted by atomic mass is 10.2. The fourth-order valence-corrected chi connectivity index (χ4v) is 1.16. The summed E-state index contributed by atoms with van der Waals surface area (Å²) in [4.78, 5) is 11.1. The van der Waals surface area contributed by atoms with E-state index in [1.54, 1.807) is 7.11 Å². The van der Waals surface area contributed by atoms with E-state index in [2.05, 4.69) is 10.6 Å². The fraction of sp³-hybridized carbons (Fsp3) is 0.364. The number of benzene rings is 1. The number of ether oxygens (including phenoxy) is 1. The number of aliphatic hydroxyl groups excluding tert-OH is 1. The van der Waals surface area contributed by atoms with Crippen LogP contribution in [0.1, 0.15) is 5.56 Å². The van der Waals surface area contributed by atoms with Gasteiger partial charge < -0.3 is 20.5 Å². The van der Waals surface area contributed by atoms with Crippen LogP contribution in [0.2, 0.25) is 0 Å². The molecule has 0 bridgehead atoms. The van der Waals surface area contributed by atoms with Gasteiger partial charge in [0.2, 0.25) is 0 Å². The van der Waals surface area contributed by atoms with Gasteiger partial charge in [-0.1, -0.05) is 12.1 Å². The lowest BCUT2D eigenvalue weighted by Crippen LogP contribution is -2.36. The standard InChI is InChI=1S/C11H16N2O3/c1-16-10-4-2-9(3-5-10)8-13-11(15)12-6-7-14/h2-5,14H,6-8H2,1H3,(H2,12,13,15). The minimum absolute atomic E-state index is 0.0596. The zero-order valence-corrected chi connectivity index (χ0v) is 9.19. The third-order valence-corrected chi connectivity index (χ3v) is 2.01. The van der Waals surface area contributed by atoms with E-state index < -0.39 is 0 Å². The Morgan fingerprint density at radius 3 is 2.56 bits per heavy atom. The Kier molecular flexibility index (Phi) is 5.15. The first-order valence-corrected chi connectivity index (χ1v) is 5.01. The summed E-state index contributed by atoms with van der Waals surface area (Å²) >= 11 is 0. The maximum atomic E-state index is 11.1. The molecule has 0 radical (unpaired) electrons. The summed E-state index contributed by atoms with van der Waals surface area (Å²) in [6, 6.07) is 7.14. The van der Waals surface area contributed by atoms with Crippen molar-refractivity contribution in [2.75, 3.05) is 20.3 Å². The molecule has 0 spiro atoms. The van der Waals surface area contributed by atoms with Crippen molar-refractivity contribution in [1.82, 2.24) is 10.6 Å². The van der Waals surface area contributed by atoms with E-state index in [9.17, 15) is 4.79 Å². The molecular formula is C11H16N2O3. The molecule has 5 nitrogen and oxygen atoms in total. The van der Waals surface area contributed by atoms with Crippen LogP contribution in [0.4, 0.5) is 4.79 Å². The topological polar surface area (TPSA) is 70.6 Å². The van der Waals surface area contributed by atoms with Gasteiger partial charge in [0.25, 0.3) is 0 Å². The lowest BCUT2D eigenvalue weighted by molar-refractivity contribution is 0.234. The van der Waals surface area contributed by atoms with Crippen molar-refractivity contribution in [3.63, 3.8) is 0 Å². The minimum atomic E-state index is -0.287. The zero-order valence-electron chi connectivity index (χ0n) is 9.19. The Bertz CT molecular complexity index is 325. The van der Waals surface area contributed by atoms with Gasteiger partial charge in [-0.15, -0.1) is 0 Å². The number of amides is 2. The van der Waals surface area contributed by atoms with Gasteiger partial charge in [0.1, 0.15) is 5.75 Å². The molecule has 0 unspecified atom stereocenters. The van der Waals surface area contributed by atoms with E-state index in [4.69, 9.17) is 9.84 Å². The number of hydrogen-bond donors (Lipinski definition) is 3. The summed E-state index contributed by atoms with van der Waals surface area (Å²) in [7, 11) is 1.61. The highest BCUT2D eigenvalue weighted by Gasteiger charge is 1.99. The molecular weight excluding hydrogens is 208 g/mol. The molecule has 0 saturated carbocycles. The van der Waals surface area contributed by atoms with E-state index >= 15 is 0 Å². The summed E-state index contributed by atoms with van der Waals surface area (Å²) < 4.78 is 5.02. The Morgan fingerprint density at radius 1 is 1.31 bits per heavy atom. The van der Waals surface area contributed by atoms with Crippen LogP contribution < -0.4 is 15.4 Å². The van der Waals surface area contributed by atoms with Gasteiger partial charge >= 0.3 is 6.03 Å². The van der Waals surface area contributed by atoms with Gasteiger partial charge in [0.15, 0.2) is 0 Å². The molecule has 0 aliphatic rings. The molecule has 0 aliphatic carbocycles. The monoisotopic (exact) mass is 224 g/mol. The van der Waals surface area contributed by atoms with Crippen LogP contribution in [0, 0.1) is 0 Å². The molecule has 0 aromatic heterocycles. The second-order valence-corrected chi connectivity index (χ2v) is 3.18. The van der Waals surface area contributed by atoms with Crippen molar-refractivity contribution in [3.8, 4) is 5.75 Å². The van der Waals surface area contributed by atoms with Crippen molar-refractivity contribution in [1.29, 1.82) is 0 Å². The first-order chi connectivity index (χ1) is 7.76. The molecule has 1 aromatic carbocycles. The number of hydrogen-bond acceptors (Lipinski definition) is 3. The van der Waals surface area contributed by atoms with Gasteiger partial charge in [-0.25, -0.2) is 4.79 Å². The van der Waals surface area contributed by atoms with E-state index in [1.165, 1.54) is 0 Å². The molecule has 0 saturated heterocycles. The Labute approximate surface area is 94.4 Å². The normalized spacial score (nSPS) is 9.62. The first kappa shape index (κ1) is 12.3. The average molecular weight is 224 g/mol. The minimum Gasteiger partial charge on any atom is -0.497 e. The second kappa shape index (κ2) is 6.68. The summed E-state index contributed by atoms with van der Waals surface area (Å²) in [5.41, 5.74) is 0.986. The average Bonchev–Trinajstić information content (AvgIpc) is 2.34. The molecule has 5 heteroatoms. The van der Waals surface area contributed by atoms with Crippen LogP contribution in [-0.4, -0.2) is 31.4 Å². The maximum absolute atomic E-state index is 11.1. The van der Waals surface area contributed by atoms with Gasteiger partial charge in [-0.05, 0) is 17.7 Å². The molecule has 0 aliphatic heterocycles. The van der Waals surface area contributed by atoms with Gasteiger partial charge in [0, 0.05) is 13.1 Å². The highest BCUT2D eigenvalue weighted by Crippen LogP contribution is 2.10. The molecule has 3 N–H and O–H groups in total. The van der Waals surface area contributed by atoms with E-state index in [0.29, 0.717) is 6.54 Å². The van der Waals surface area contributed by atoms with Crippen molar-refractivity contribution < 1.29 is 14.6 Å². The van der Waals surface area contributed by atoms with Crippen molar-refractivity contribution in [3.05, 3.63) is 29.8 Å². The summed E-state index contributed by atoms with van der Waals surface area (Å²) in [5, 5.41) is 13.7. The quantitative estimate of drug-likeness (QED) is 0.681. The summed E-state index contributed by atoms with van der Waals surface area (Å²) in [5.74, 6) is 0.786. The summed E-state index contributed by atoms with van der Waals surface area (Å²) in [6.45, 7) is 0.645. The first-order valence-electron chi connectivity index (χ1n) is 5.01. The molecule has 0 atom stereocenters. The Hall–Kier alpha value is -1.75. The predicted molar refractivity (Wildman–Crippen MR) is 60.3 cm³/mol.